The summed E-state index contributed by atoms with van der Waals surface area (Å²) in [6.07, 6.45) is 0. The molecule has 0 spiro atoms. The fourth-order valence-electron chi connectivity index (χ4n) is 13.5. The lowest BCUT2D eigenvalue weighted by atomic mass is 9.78. The van der Waals surface area contributed by atoms with Gasteiger partial charge in [0.15, 0.2) is 46.0 Å². The van der Waals surface area contributed by atoms with E-state index in [-0.39, 0.29) is 0 Å². The molecule has 5 aliphatic heterocycles. The van der Waals surface area contributed by atoms with E-state index >= 15 is 0 Å². The summed E-state index contributed by atoms with van der Waals surface area (Å²) in [5, 5.41) is 4.49. The second-order valence-corrected chi connectivity index (χ2v) is 26.5. The number of halogens is 1. The third-order valence-electron chi connectivity index (χ3n) is 19.0. The first-order chi connectivity index (χ1) is 48.0. The van der Waals surface area contributed by atoms with Crippen LogP contribution in [0.2, 0.25) is 0 Å². The normalized spacial score (nSPS) is 14.5. The first-order valence-electron chi connectivity index (χ1n) is 32.9. The third-order valence-corrected chi connectivity index (χ3v) is 19.5. The summed E-state index contributed by atoms with van der Waals surface area (Å²) < 4.78 is 39.4. The minimum absolute atomic E-state index is 0.394. The van der Waals surface area contributed by atoms with E-state index in [1.807, 2.05) is 97.1 Å². The minimum Gasteiger partial charge on any atom is -0.453 e. The summed E-state index contributed by atoms with van der Waals surface area (Å²) in [5.74, 6) is 6.73. The van der Waals surface area contributed by atoms with E-state index in [0.29, 0.717) is 0 Å². The minimum atomic E-state index is -0.434. The molecule has 1 saturated heterocycles. The van der Waals surface area contributed by atoms with Gasteiger partial charge in [-0.3, -0.25) is 0 Å². The van der Waals surface area contributed by atoms with Gasteiger partial charge in [-0.1, -0.05) is 192 Å². The third kappa shape index (κ3) is 10.8. The Balaban J connectivity index is 0.000000118. The average Bonchev–Trinajstić information content (AvgIpc) is 0.860. The molecular weight excluding hydrogens is 1280 g/mol. The molecule has 0 aromatic heterocycles. The Hall–Kier alpha value is -11.5. The van der Waals surface area contributed by atoms with E-state index in [9.17, 15) is 0 Å². The molecule has 5 aliphatic rings. The Morgan fingerprint density at radius 2 is 0.633 bits per heavy atom. The molecule has 12 heteroatoms. The molecule has 0 radical (unpaired) electrons. The van der Waals surface area contributed by atoms with Gasteiger partial charge in [-0.25, -0.2) is 0 Å². The van der Waals surface area contributed by atoms with E-state index in [2.05, 4.69) is 282 Å². The van der Waals surface area contributed by atoms with Gasteiger partial charge in [-0.15, -0.1) is 0 Å². The van der Waals surface area contributed by atoms with Crippen molar-refractivity contribution in [1.82, 2.24) is 0 Å². The Kier molecular flexibility index (Phi) is 15.1. The molecule has 5 heterocycles. The van der Waals surface area contributed by atoms with Gasteiger partial charge >= 0.3 is 7.12 Å². The molecule has 474 valence electrons. The monoisotopic (exact) mass is 1340 g/mol. The van der Waals surface area contributed by atoms with E-state index < -0.39 is 18.3 Å². The lowest BCUT2D eigenvalue weighted by Crippen LogP contribution is -2.41. The van der Waals surface area contributed by atoms with Crippen molar-refractivity contribution in [2.75, 3.05) is 19.6 Å². The summed E-state index contributed by atoms with van der Waals surface area (Å²) >= 11 is 3.51. The number of hydrogen-bond acceptors (Lipinski definition) is 10. The van der Waals surface area contributed by atoms with E-state index in [0.717, 1.165) is 157 Å². The van der Waals surface area contributed by atoms with Crippen LogP contribution in [0.15, 0.2) is 320 Å². The molecule has 14 aromatic carbocycles. The van der Waals surface area contributed by atoms with E-state index in [1.54, 1.807) is 0 Å². The Bertz CT molecular complexity index is 5360. The molecule has 98 heavy (non-hydrogen) atoms. The molecule has 10 nitrogen and oxygen atoms in total. The van der Waals surface area contributed by atoms with Crippen molar-refractivity contribution >= 4 is 118 Å². The summed E-state index contributed by atoms with van der Waals surface area (Å²) in [4.78, 5) is 9.04. The average molecular weight is 1340 g/mol. The molecule has 0 atom stereocenters. The topological polar surface area (TPSA) is 68.3 Å². The van der Waals surface area contributed by atoms with Crippen LogP contribution in [0.25, 0.3) is 32.7 Å². The predicted octanol–water partition coefficient (Wildman–Crippen LogP) is 24.4. The highest BCUT2D eigenvalue weighted by molar-refractivity contribution is 9.10. The maximum Gasteiger partial charge on any atom is 0.494 e. The highest BCUT2D eigenvalue weighted by atomic mass is 79.9. The van der Waals surface area contributed by atoms with Gasteiger partial charge in [0.25, 0.3) is 0 Å². The smallest absolute Gasteiger partial charge is 0.453 e. The van der Waals surface area contributed by atoms with Crippen LogP contribution in [-0.4, -0.2) is 18.3 Å². The number of ether oxygens (including phenoxy) is 4. The Labute approximate surface area is 578 Å². The summed E-state index contributed by atoms with van der Waals surface area (Å²) in [5.41, 5.74) is 14.8. The lowest BCUT2D eigenvalue weighted by Gasteiger charge is -2.34. The zero-order valence-electron chi connectivity index (χ0n) is 54.2. The number of benzene rings is 14. The molecule has 19 rings (SSSR count). The highest BCUT2D eigenvalue weighted by Crippen LogP contribution is 2.57. The first-order valence-corrected chi connectivity index (χ1v) is 33.7. The van der Waals surface area contributed by atoms with Crippen molar-refractivity contribution in [3.8, 4) is 57.1 Å². The van der Waals surface area contributed by atoms with Crippen molar-refractivity contribution in [1.29, 1.82) is 0 Å². The van der Waals surface area contributed by atoms with Crippen LogP contribution in [0.4, 0.5) is 68.2 Å². The van der Waals surface area contributed by atoms with Crippen LogP contribution in [0.3, 0.4) is 0 Å². The van der Waals surface area contributed by atoms with Crippen molar-refractivity contribution in [3.63, 3.8) is 0 Å². The summed E-state index contributed by atoms with van der Waals surface area (Å²) in [6.45, 7) is 8.30. The van der Waals surface area contributed by atoms with Crippen LogP contribution in [0, 0.1) is 0 Å². The van der Waals surface area contributed by atoms with Gasteiger partial charge < -0.3 is 47.9 Å². The quantitative estimate of drug-likeness (QED) is 0.150. The summed E-state index contributed by atoms with van der Waals surface area (Å²) in [7, 11) is -0.434. The van der Waals surface area contributed by atoms with Crippen LogP contribution in [0.1, 0.15) is 27.7 Å². The number of nitrogens with zero attached hydrogens (tertiary/aromatic N) is 4. The summed E-state index contributed by atoms with van der Waals surface area (Å²) in [6, 6.07) is 108. The molecular formula is C86H64BBrN4O6. The lowest BCUT2D eigenvalue weighted by molar-refractivity contribution is 0.00578. The van der Waals surface area contributed by atoms with Gasteiger partial charge in [0, 0.05) is 38.0 Å². The zero-order valence-corrected chi connectivity index (χ0v) is 55.8. The van der Waals surface area contributed by atoms with Crippen molar-refractivity contribution in [3.05, 3.63) is 320 Å². The molecule has 0 N–H and O–H groups in total. The predicted molar refractivity (Wildman–Crippen MR) is 402 cm³/mol. The molecule has 0 saturated carbocycles. The molecule has 0 bridgehead atoms. The van der Waals surface area contributed by atoms with Crippen LogP contribution >= 0.6 is 15.9 Å². The fraction of sp³-hybridized carbons (Fsp3) is 0.0698. The Morgan fingerprint density at radius 3 is 1.13 bits per heavy atom. The second kappa shape index (κ2) is 24.6. The number of rotatable bonds is 6. The standard InChI is InChI=1S/C40H26N2O2.C28H26BNO3.C18H12BrNO/c1-3-12-30(13-4-1)41-33-17-9-10-18-37(33)43-39-26-29(20-22-34(39)41)28-21-24-38-36(25-28)42(31-14-5-2-6-15-31)35-23-19-27-11-7-8-16-32(27)40(35)44-38;1-27(2)28(3,4)33-29(32-27)20-15-17-25-24(18-20)30(21-11-6-5-7-12-21)23-16-14-19-10-8-9-13-22(19)26(23)31-25;19-13-10-11-16-18(12-13)21-17-9-5-4-8-15(17)20(16)14-6-2-1-3-7-14/h1-26H;5-18H,1-4H3;1-12H. The fourth-order valence-corrected chi connectivity index (χ4v) is 13.8. The SMILES string of the molecule is Brc1ccc2c(c1)Oc1ccccc1N2c1ccccc1.CC1(C)OB(c2ccc3c(c2)N(c2ccccc2)c2ccc4ccccc4c2O3)OC1(C)C.c1ccc(N2c3ccccc3Oc3cc(-c4ccc5c(c4)N(c4ccccc4)c4ccc6ccccc6c4O5)ccc32)cc1. The number of fused-ring (bicyclic) bond motifs is 12. The number of hydrogen-bond donors (Lipinski definition) is 0. The molecule has 1 fully saturated rings. The van der Waals surface area contributed by atoms with Crippen molar-refractivity contribution in [2.45, 2.75) is 38.9 Å². The van der Waals surface area contributed by atoms with Crippen molar-refractivity contribution < 1.29 is 28.3 Å². The van der Waals surface area contributed by atoms with Crippen molar-refractivity contribution in [2.24, 2.45) is 0 Å². The Morgan fingerprint density at radius 1 is 0.276 bits per heavy atom. The van der Waals surface area contributed by atoms with Crippen LogP contribution in [-0.2, 0) is 9.31 Å². The van der Waals surface area contributed by atoms with Gasteiger partial charge in [0.2, 0.25) is 0 Å². The van der Waals surface area contributed by atoms with Gasteiger partial charge in [0.05, 0.1) is 56.7 Å². The second-order valence-electron chi connectivity index (χ2n) is 25.6. The zero-order chi connectivity index (χ0) is 66.1. The maximum atomic E-state index is 6.65. The molecule has 14 aromatic rings. The van der Waals surface area contributed by atoms with Gasteiger partial charge in [0.1, 0.15) is 0 Å². The van der Waals surface area contributed by atoms with Gasteiger partial charge in [-0.05, 0) is 195 Å². The first kappa shape index (κ1) is 60.2. The van der Waals surface area contributed by atoms with Crippen LogP contribution < -0.4 is 44.0 Å². The number of para-hydroxylation sites is 8. The maximum absolute atomic E-state index is 6.65. The molecule has 0 unspecified atom stereocenters. The largest absolute Gasteiger partial charge is 0.494 e. The van der Waals surface area contributed by atoms with E-state index in [4.69, 9.17) is 28.3 Å². The molecule has 0 amide bonds. The highest BCUT2D eigenvalue weighted by Gasteiger charge is 2.52. The van der Waals surface area contributed by atoms with Crippen LogP contribution in [0.5, 0.6) is 46.0 Å². The van der Waals surface area contributed by atoms with Gasteiger partial charge in [-0.2, -0.15) is 0 Å². The van der Waals surface area contributed by atoms with E-state index in [1.165, 1.54) is 0 Å². The molecule has 0 aliphatic carbocycles. The number of anilines is 12.